The van der Waals surface area contributed by atoms with E-state index in [2.05, 4.69) is 37.3 Å². The maximum atomic E-state index is 15.1. The quantitative estimate of drug-likeness (QED) is 0.583. The second-order valence-electron chi connectivity index (χ2n) is 10.4. The van der Waals surface area contributed by atoms with Crippen LogP contribution in [0.25, 0.3) is 0 Å². The van der Waals surface area contributed by atoms with Crippen LogP contribution in [0.4, 0.5) is 4.39 Å². The number of aromatic nitrogens is 2. The Bertz CT molecular complexity index is 1270. The van der Waals surface area contributed by atoms with Crippen molar-refractivity contribution >= 4 is 23.2 Å². The third-order valence-electron chi connectivity index (χ3n) is 6.72. The molecule has 0 aliphatic carbocycles. The average Bonchev–Trinajstić information content (AvgIpc) is 3.46. The van der Waals surface area contributed by atoms with Gasteiger partial charge in [-0.3, -0.25) is 14.3 Å². The highest BCUT2D eigenvalue weighted by molar-refractivity contribution is 7.14. The van der Waals surface area contributed by atoms with Gasteiger partial charge in [0, 0.05) is 48.8 Å². The highest BCUT2D eigenvalue weighted by Gasteiger charge is 2.33. The van der Waals surface area contributed by atoms with Crippen molar-refractivity contribution in [1.29, 1.82) is 0 Å². The predicted octanol–water partition coefficient (Wildman–Crippen LogP) is 4.81. The van der Waals surface area contributed by atoms with E-state index in [1.165, 1.54) is 10.9 Å². The number of amides is 2. The highest BCUT2D eigenvalue weighted by atomic mass is 32.1. The van der Waals surface area contributed by atoms with Gasteiger partial charge in [-0.2, -0.15) is 5.10 Å². The Kier molecular flexibility index (Phi) is 5.59. The number of hydrogen-bond donors (Lipinski definition) is 1. The number of carbonyl (C=O) groups is 2. The van der Waals surface area contributed by atoms with Gasteiger partial charge < -0.3 is 10.2 Å². The van der Waals surface area contributed by atoms with Gasteiger partial charge in [-0.15, -0.1) is 11.3 Å². The van der Waals surface area contributed by atoms with Gasteiger partial charge in [0.15, 0.2) is 0 Å². The molecule has 0 bridgehead atoms. The van der Waals surface area contributed by atoms with E-state index in [0.29, 0.717) is 24.9 Å². The molecule has 0 saturated carbocycles. The average molecular weight is 481 g/mol. The number of carbonyl (C=O) groups excluding carboxylic acids is 2. The summed E-state index contributed by atoms with van der Waals surface area (Å²) in [5.41, 5.74) is 3.30. The summed E-state index contributed by atoms with van der Waals surface area (Å²) in [6.45, 7) is 7.17. The molecule has 2 aromatic heterocycles. The minimum atomic E-state index is -0.333. The van der Waals surface area contributed by atoms with Crippen LogP contribution in [0.3, 0.4) is 0 Å². The first-order valence-electron chi connectivity index (χ1n) is 11.6. The van der Waals surface area contributed by atoms with Crippen molar-refractivity contribution in [1.82, 2.24) is 20.0 Å². The van der Waals surface area contributed by atoms with Crippen LogP contribution in [0.1, 0.15) is 82.4 Å². The third-order valence-corrected chi connectivity index (χ3v) is 8.31. The highest BCUT2D eigenvalue weighted by Crippen LogP contribution is 2.38. The lowest BCUT2D eigenvalue weighted by Crippen LogP contribution is -2.35. The molecule has 2 unspecified atom stereocenters. The number of fused-ring (bicyclic) bond motifs is 1. The molecule has 2 amide bonds. The lowest BCUT2D eigenvalue weighted by molar-refractivity contribution is -0.123. The molecule has 0 spiro atoms. The molecule has 0 radical (unpaired) electrons. The van der Waals surface area contributed by atoms with Crippen LogP contribution < -0.4 is 5.32 Å². The molecule has 2 aliphatic rings. The molecule has 178 valence electrons. The van der Waals surface area contributed by atoms with Crippen LogP contribution in [0.15, 0.2) is 36.7 Å². The van der Waals surface area contributed by atoms with E-state index >= 15 is 4.39 Å². The van der Waals surface area contributed by atoms with Crippen molar-refractivity contribution in [2.75, 3.05) is 0 Å². The van der Waals surface area contributed by atoms with Crippen LogP contribution in [0, 0.1) is 5.82 Å². The molecule has 8 heteroatoms. The summed E-state index contributed by atoms with van der Waals surface area (Å²) in [4.78, 5) is 29.0. The Labute approximate surface area is 202 Å². The Hall–Kier alpha value is -3.00. The normalized spacial score (nSPS) is 20.6. The molecular formula is C26H29FN4O2S. The molecule has 2 aliphatic heterocycles. The molecule has 1 aromatic carbocycles. The summed E-state index contributed by atoms with van der Waals surface area (Å²) in [5, 5.41) is 7.21. The lowest BCUT2D eigenvalue weighted by atomic mass is 9.84. The van der Waals surface area contributed by atoms with Crippen LogP contribution in [0.5, 0.6) is 0 Å². The van der Waals surface area contributed by atoms with Gasteiger partial charge in [-0.1, -0.05) is 32.9 Å². The van der Waals surface area contributed by atoms with Crippen molar-refractivity contribution in [2.45, 2.75) is 64.1 Å². The van der Waals surface area contributed by atoms with Gasteiger partial charge in [-0.05, 0) is 41.0 Å². The van der Waals surface area contributed by atoms with Gasteiger partial charge in [0.1, 0.15) is 5.82 Å². The molecule has 1 saturated heterocycles. The first-order valence-corrected chi connectivity index (χ1v) is 12.4. The zero-order valence-corrected chi connectivity index (χ0v) is 20.7. The van der Waals surface area contributed by atoms with Crippen molar-refractivity contribution in [3.8, 4) is 0 Å². The van der Waals surface area contributed by atoms with Crippen LogP contribution >= 0.6 is 11.3 Å². The second-order valence-corrected chi connectivity index (χ2v) is 11.5. The van der Waals surface area contributed by atoms with Gasteiger partial charge in [-0.25, -0.2) is 4.39 Å². The van der Waals surface area contributed by atoms with E-state index in [-0.39, 0.29) is 41.6 Å². The standard InChI is InChI=1S/C26H29FN4O2S/c1-26(2,3)22-9-18-14-31(25(33)24(18)34-22)13-16-6-5-15(7-20(16)27)17-8-21(29-23(32)10-17)19-11-28-30(4)12-19/h5-7,9,11-12,17,21H,8,10,13-14H2,1-4H3,(H,29,32). The summed E-state index contributed by atoms with van der Waals surface area (Å²) in [5.74, 6) is -0.473. The molecule has 1 fully saturated rings. The SMILES string of the molecule is Cn1cc(C2CC(c3ccc(CN4Cc5cc(C(C)(C)C)sc5C4=O)c(F)c3)CC(=O)N2)cn1. The maximum absolute atomic E-state index is 15.1. The van der Waals surface area contributed by atoms with Gasteiger partial charge >= 0.3 is 0 Å². The molecule has 1 N–H and O–H groups in total. The zero-order chi connectivity index (χ0) is 24.2. The number of aryl methyl sites for hydroxylation is 1. The third kappa shape index (κ3) is 4.27. The van der Waals surface area contributed by atoms with Gasteiger partial charge in [0.25, 0.3) is 5.91 Å². The Morgan fingerprint density at radius 2 is 2.00 bits per heavy atom. The molecule has 5 rings (SSSR count). The number of hydrogen-bond acceptors (Lipinski definition) is 4. The molecule has 4 heterocycles. The number of nitrogens with one attached hydrogen (secondary N) is 1. The van der Waals surface area contributed by atoms with E-state index in [0.717, 1.165) is 21.6 Å². The van der Waals surface area contributed by atoms with Crippen LogP contribution in [-0.4, -0.2) is 26.5 Å². The van der Waals surface area contributed by atoms with E-state index in [4.69, 9.17) is 0 Å². The zero-order valence-electron chi connectivity index (χ0n) is 19.9. The van der Waals surface area contributed by atoms with Crippen molar-refractivity contribution in [3.63, 3.8) is 0 Å². The Morgan fingerprint density at radius 1 is 1.21 bits per heavy atom. The number of benzene rings is 1. The summed E-state index contributed by atoms with van der Waals surface area (Å²) in [6.07, 6.45) is 4.67. The molecule has 3 aromatic rings. The summed E-state index contributed by atoms with van der Waals surface area (Å²) < 4.78 is 16.8. The number of piperidine rings is 1. The topological polar surface area (TPSA) is 67.2 Å². The monoisotopic (exact) mass is 480 g/mol. The smallest absolute Gasteiger partial charge is 0.264 e. The number of thiophene rings is 1. The first-order chi connectivity index (χ1) is 16.1. The van der Waals surface area contributed by atoms with Crippen molar-refractivity contribution in [2.24, 2.45) is 7.05 Å². The Balaban J connectivity index is 1.30. The molecule has 2 atom stereocenters. The molecule has 6 nitrogen and oxygen atoms in total. The second kappa shape index (κ2) is 8.34. The molecule has 34 heavy (non-hydrogen) atoms. The summed E-state index contributed by atoms with van der Waals surface area (Å²) in [6, 6.07) is 7.17. The van der Waals surface area contributed by atoms with Gasteiger partial charge in [0.05, 0.1) is 17.1 Å². The number of rotatable bonds is 4. The maximum Gasteiger partial charge on any atom is 0.264 e. The number of halogens is 1. The van der Waals surface area contributed by atoms with Crippen LogP contribution in [0.2, 0.25) is 0 Å². The fourth-order valence-electron chi connectivity index (χ4n) is 4.79. The number of nitrogens with zero attached hydrogens (tertiary/aromatic N) is 3. The van der Waals surface area contributed by atoms with E-state index in [1.807, 2.05) is 19.3 Å². The van der Waals surface area contributed by atoms with Crippen molar-refractivity contribution < 1.29 is 14.0 Å². The largest absolute Gasteiger partial charge is 0.349 e. The van der Waals surface area contributed by atoms with Crippen LogP contribution in [-0.2, 0) is 30.3 Å². The van der Waals surface area contributed by atoms with E-state index < -0.39 is 0 Å². The summed E-state index contributed by atoms with van der Waals surface area (Å²) in [7, 11) is 1.84. The minimum Gasteiger partial charge on any atom is -0.349 e. The lowest BCUT2D eigenvalue weighted by Gasteiger charge is -2.30. The predicted molar refractivity (Wildman–Crippen MR) is 129 cm³/mol. The fourth-order valence-corrected chi connectivity index (χ4v) is 5.99. The molecular weight excluding hydrogens is 451 g/mol. The van der Waals surface area contributed by atoms with E-state index in [9.17, 15) is 9.59 Å². The minimum absolute atomic E-state index is 0.00804. The fraction of sp³-hybridized carbons (Fsp3) is 0.423. The van der Waals surface area contributed by atoms with Gasteiger partial charge in [0.2, 0.25) is 5.91 Å². The van der Waals surface area contributed by atoms with Crippen molar-refractivity contribution in [3.05, 3.63) is 74.5 Å². The first kappa shape index (κ1) is 22.8. The van der Waals surface area contributed by atoms with E-state index in [1.54, 1.807) is 33.2 Å². The summed E-state index contributed by atoms with van der Waals surface area (Å²) >= 11 is 1.55. The Morgan fingerprint density at radius 3 is 2.65 bits per heavy atom.